The monoisotopic (exact) mass is 371 g/mol. The Morgan fingerprint density at radius 2 is 2.16 bits per heavy atom. The van der Waals surface area contributed by atoms with Crippen LogP contribution < -0.4 is 14.3 Å². The summed E-state index contributed by atoms with van der Waals surface area (Å²) in [6.45, 7) is -0.497. The molecule has 1 aromatic carbocycles. The van der Waals surface area contributed by atoms with Crippen molar-refractivity contribution in [1.82, 2.24) is 10.0 Å². The number of hydrogen-bond donors (Lipinski definition) is 3. The highest BCUT2D eigenvalue weighted by Gasteiger charge is 2.38. The molecule has 0 spiro atoms. The summed E-state index contributed by atoms with van der Waals surface area (Å²) in [6, 6.07) is 1.63. The molecular formula is C14H14FN3O6S. The number of phenolic OH excluding ortho intramolecular Hbond substituents is 1. The van der Waals surface area contributed by atoms with Crippen LogP contribution in [0.15, 0.2) is 18.2 Å². The fraction of sp³-hybridized carbons (Fsp3) is 0.286. The number of aromatic hydroxyl groups is 1. The number of nitrogens with one attached hydrogen (secondary N) is 2. The number of amides is 1. The minimum absolute atomic E-state index is 0.00116. The Morgan fingerprint density at radius 3 is 2.76 bits per heavy atom. The number of methoxy groups -OCH3 is 1. The summed E-state index contributed by atoms with van der Waals surface area (Å²) in [6.07, 6.45) is 1.45. The number of rotatable bonds is 3. The van der Waals surface area contributed by atoms with Gasteiger partial charge in [0, 0.05) is 12.1 Å². The number of carbonyl (C=O) groups excluding carboxylic acids is 2. The van der Waals surface area contributed by atoms with E-state index < -0.39 is 51.9 Å². The summed E-state index contributed by atoms with van der Waals surface area (Å²) < 4.78 is 45.5. The fourth-order valence-corrected chi connectivity index (χ4v) is 3.85. The standard InChI is InChI=1S/C14H14FN3O6S/c1-24-14(21)9-4-7(5-16-9)8-2-3-10(19)13(12(8)15)18-6-11(20)17-25(18,22)23/h2-4,9,16,19H,5-6H2,1H3,(H,17,20). The Hall–Kier alpha value is -2.66. The van der Waals surface area contributed by atoms with Crippen LogP contribution in [0.1, 0.15) is 5.56 Å². The van der Waals surface area contributed by atoms with Gasteiger partial charge < -0.3 is 9.84 Å². The number of nitrogens with zero attached hydrogens (tertiary/aromatic N) is 1. The molecule has 0 bridgehead atoms. The van der Waals surface area contributed by atoms with Crippen LogP contribution in [0, 0.1) is 5.82 Å². The number of anilines is 1. The topological polar surface area (TPSA) is 125 Å². The van der Waals surface area contributed by atoms with Crippen LogP contribution in [0.4, 0.5) is 10.1 Å². The maximum Gasteiger partial charge on any atom is 0.326 e. The van der Waals surface area contributed by atoms with Crippen molar-refractivity contribution >= 4 is 33.3 Å². The summed E-state index contributed by atoms with van der Waals surface area (Å²) in [5.74, 6) is -3.03. The SMILES string of the molecule is COC(=O)C1C=C(c2ccc(O)c(N3CC(=O)NS3(=O)=O)c2F)CN1. The predicted octanol–water partition coefficient (Wildman–Crippen LogP) is -0.759. The minimum Gasteiger partial charge on any atom is -0.506 e. The predicted molar refractivity (Wildman–Crippen MR) is 84.3 cm³/mol. The molecule has 0 radical (unpaired) electrons. The molecule has 1 saturated heterocycles. The van der Waals surface area contributed by atoms with Gasteiger partial charge in [0.05, 0.1) is 7.11 Å². The van der Waals surface area contributed by atoms with Crippen molar-refractivity contribution < 1.29 is 32.2 Å². The number of benzene rings is 1. The first-order valence-corrected chi connectivity index (χ1v) is 8.55. The van der Waals surface area contributed by atoms with E-state index in [9.17, 15) is 27.5 Å². The van der Waals surface area contributed by atoms with Crippen molar-refractivity contribution in [1.29, 1.82) is 0 Å². The lowest BCUT2D eigenvalue weighted by Crippen LogP contribution is -2.31. The Labute approximate surface area is 142 Å². The molecule has 1 atom stereocenters. The average Bonchev–Trinajstić information content (AvgIpc) is 3.11. The molecule has 2 aliphatic rings. The lowest BCUT2D eigenvalue weighted by atomic mass is 10.0. The van der Waals surface area contributed by atoms with Gasteiger partial charge >= 0.3 is 16.2 Å². The van der Waals surface area contributed by atoms with Crippen LogP contribution >= 0.6 is 0 Å². The van der Waals surface area contributed by atoms with Gasteiger partial charge in [-0.2, -0.15) is 8.42 Å². The van der Waals surface area contributed by atoms with Crippen LogP contribution in [0.3, 0.4) is 0 Å². The van der Waals surface area contributed by atoms with Crippen molar-refractivity contribution in [2.75, 3.05) is 24.5 Å². The normalized spacial score (nSPS) is 21.8. The average molecular weight is 371 g/mol. The molecule has 1 amide bonds. The molecule has 2 heterocycles. The second-order valence-electron chi connectivity index (χ2n) is 5.41. The van der Waals surface area contributed by atoms with Gasteiger partial charge in [-0.25, -0.2) is 13.4 Å². The molecule has 3 rings (SSSR count). The Balaban J connectivity index is 2.05. The number of esters is 1. The third-order valence-corrected chi connectivity index (χ3v) is 5.22. The van der Waals surface area contributed by atoms with Crippen LogP contribution in [-0.2, 0) is 24.5 Å². The van der Waals surface area contributed by atoms with Crippen molar-refractivity contribution in [3.63, 3.8) is 0 Å². The van der Waals surface area contributed by atoms with Gasteiger partial charge in [0.2, 0.25) is 0 Å². The third-order valence-electron chi connectivity index (χ3n) is 3.85. The zero-order valence-electron chi connectivity index (χ0n) is 12.9. The zero-order valence-corrected chi connectivity index (χ0v) is 13.8. The van der Waals surface area contributed by atoms with Crippen LogP contribution in [0.5, 0.6) is 5.75 Å². The Morgan fingerprint density at radius 1 is 1.44 bits per heavy atom. The lowest BCUT2D eigenvalue weighted by molar-refractivity contribution is -0.141. The van der Waals surface area contributed by atoms with Gasteiger partial charge in [0.15, 0.2) is 5.82 Å². The number of ether oxygens (including phenoxy) is 1. The van der Waals surface area contributed by atoms with Gasteiger partial charge in [0.1, 0.15) is 24.0 Å². The van der Waals surface area contributed by atoms with Crippen LogP contribution in [0.2, 0.25) is 0 Å². The van der Waals surface area contributed by atoms with E-state index in [0.29, 0.717) is 9.88 Å². The van der Waals surface area contributed by atoms with Crippen LogP contribution in [0.25, 0.3) is 5.57 Å². The summed E-state index contributed by atoms with van der Waals surface area (Å²) in [4.78, 5) is 22.9. The first-order chi connectivity index (χ1) is 11.7. The maximum absolute atomic E-state index is 14.9. The number of phenols is 1. The summed E-state index contributed by atoms with van der Waals surface area (Å²) in [5.41, 5.74) is -0.232. The van der Waals surface area contributed by atoms with Gasteiger partial charge in [-0.15, -0.1) is 0 Å². The van der Waals surface area contributed by atoms with E-state index in [1.165, 1.54) is 19.3 Å². The lowest BCUT2D eigenvalue weighted by Gasteiger charge is -2.18. The van der Waals surface area contributed by atoms with E-state index in [2.05, 4.69) is 10.1 Å². The third kappa shape index (κ3) is 2.91. The molecule has 1 fully saturated rings. The van der Waals surface area contributed by atoms with E-state index in [1.54, 1.807) is 4.72 Å². The summed E-state index contributed by atoms with van der Waals surface area (Å²) in [5, 5.41) is 12.7. The number of hydrogen-bond acceptors (Lipinski definition) is 7. The molecule has 2 aliphatic heterocycles. The second kappa shape index (κ2) is 6.01. The van der Waals surface area contributed by atoms with E-state index in [1.807, 2.05) is 0 Å². The molecule has 9 nitrogen and oxygen atoms in total. The van der Waals surface area contributed by atoms with E-state index in [-0.39, 0.29) is 12.1 Å². The highest BCUT2D eigenvalue weighted by molar-refractivity contribution is 7.92. The van der Waals surface area contributed by atoms with Gasteiger partial charge in [-0.05, 0) is 17.7 Å². The largest absolute Gasteiger partial charge is 0.506 e. The quantitative estimate of drug-likeness (QED) is 0.597. The van der Waals surface area contributed by atoms with Crippen molar-refractivity contribution in [3.05, 3.63) is 29.6 Å². The van der Waals surface area contributed by atoms with Crippen LogP contribution in [-0.4, -0.2) is 51.6 Å². The Kier molecular flexibility index (Phi) is 4.13. The molecule has 25 heavy (non-hydrogen) atoms. The van der Waals surface area contributed by atoms with Gasteiger partial charge in [0.25, 0.3) is 5.91 Å². The first-order valence-electron chi connectivity index (χ1n) is 7.11. The molecule has 0 saturated carbocycles. The highest BCUT2D eigenvalue weighted by Crippen LogP contribution is 2.37. The molecule has 1 unspecified atom stereocenters. The molecule has 3 N–H and O–H groups in total. The summed E-state index contributed by atoms with van der Waals surface area (Å²) in [7, 11) is -3.06. The molecular weight excluding hydrogens is 357 g/mol. The fourth-order valence-electron chi connectivity index (χ4n) is 2.69. The summed E-state index contributed by atoms with van der Waals surface area (Å²) >= 11 is 0. The molecule has 134 valence electrons. The number of halogens is 1. The maximum atomic E-state index is 14.9. The van der Waals surface area contributed by atoms with E-state index in [0.717, 1.165) is 6.07 Å². The van der Waals surface area contributed by atoms with Gasteiger partial charge in [-0.3, -0.25) is 14.9 Å². The van der Waals surface area contributed by atoms with E-state index >= 15 is 0 Å². The highest BCUT2D eigenvalue weighted by atomic mass is 32.2. The van der Waals surface area contributed by atoms with Gasteiger partial charge in [-0.1, -0.05) is 6.08 Å². The minimum atomic E-state index is -4.28. The number of carbonyl (C=O) groups is 2. The van der Waals surface area contributed by atoms with Crippen molar-refractivity contribution in [3.8, 4) is 5.75 Å². The molecule has 1 aromatic rings. The van der Waals surface area contributed by atoms with E-state index in [4.69, 9.17) is 0 Å². The molecule has 0 aromatic heterocycles. The second-order valence-corrected chi connectivity index (χ2v) is 7.00. The zero-order chi connectivity index (χ0) is 18.4. The first kappa shape index (κ1) is 17.2. The van der Waals surface area contributed by atoms with Crippen molar-refractivity contribution in [2.24, 2.45) is 0 Å². The molecule has 11 heteroatoms. The van der Waals surface area contributed by atoms with Crippen molar-refractivity contribution in [2.45, 2.75) is 6.04 Å². The molecule has 0 aliphatic carbocycles. The Bertz CT molecular complexity index is 898. The smallest absolute Gasteiger partial charge is 0.326 e.